The molecule has 2 aromatic carbocycles. The zero-order valence-electron chi connectivity index (χ0n) is 14.7. The quantitative estimate of drug-likeness (QED) is 0.761. The van der Waals surface area contributed by atoms with Crippen molar-refractivity contribution < 1.29 is 9.53 Å². The maximum Gasteiger partial charge on any atom is 0.266 e. The lowest BCUT2D eigenvalue weighted by atomic mass is 10.1. The molecule has 1 amide bonds. The Kier molecular flexibility index (Phi) is 4.95. The average molecular weight is 352 g/mol. The molecule has 5 heteroatoms. The van der Waals surface area contributed by atoms with Gasteiger partial charge in [0.1, 0.15) is 5.75 Å². The number of thioether (sulfide) groups is 1. The molecular formula is C20H20N2O2S. The third kappa shape index (κ3) is 3.61. The summed E-state index contributed by atoms with van der Waals surface area (Å²) in [5.41, 5.74) is 4.00. The molecule has 1 saturated heterocycles. The number of aryl methyl sites for hydroxylation is 2. The third-order valence-electron chi connectivity index (χ3n) is 4.01. The fourth-order valence-corrected chi connectivity index (χ4v) is 3.49. The first-order chi connectivity index (χ1) is 12.0. The van der Waals surface area contributed by atoms with Gasteiger partial charge in [-0.15, -0.1) is 0 Å². The van der Waals surface area contributed by atoms with E-state index in [4.69, 9.17) is 9.73 Å². The standard InChI is InChI=1S/C20H20N2O2S/c1-13-9-10-14(2)16(11-13)21-20-22(3)19(23)18(25-20)12-15-7-5-6-8-17(15)24-4/h5-12H,1-4H3/b18-12+,21-20?. The normalized spacial score (nSPS) is 17.6. The number of amides is 1. The summed E-state index contributed by atoms with van der Waals surface area (Å²) in [5, 5.41) is 0.680. The number of carbonyl (C=O) groups excluding carboxylic acids is 1. The Bertz CT molecular complexity index is 887. The maximum atomic E-state index is 12.6. The second-order valence-corrected chi connectivity index (χ2v) is 6.91. The van der Waals surface area contributed by atoms with Crippen LogP contribution in [-0.2, 0) is 4.79 Å². The fourth-order valence-electron chi connectivity index (χ4n) is 2.52. The van der Waals surface area contributed by atoms with Crippen molar-refractivity contribution in [2.75, 3.05) is 14.2 Å². The highest BCUT2D eigenvalue weighted by Crippen LogP contribution is 2.35. The van der Waals surface area contributed by atoms with Gasteiger partial charge in [-0.05, 0) is 54.9 Å². The van der Waals surface area contributed by atoms with Gasteiger partial charge in [-0.2, -0.15) is 0 Å². The van der Waals surface area contributed by atoms with E-state index >= 15 is 0 Å². The van der Waals surface area contributed by atoms with E-state index in [-0.39, 0.29) is 5.91 Å². The molecule has 0 radical (unpaired) electrons. The lowest BCUT2D eigenvalue weighted by Crippen LogP contribution is -2.23. The number of aliphatic imine (C=N–C) groups is 1. The van der Waals surface area contributed by atoms with Gasteiger partial charge in [0.2, 0.25) is 0 Å². The van der Waals surface area contributed by atoms with Crippen LogP contribution in [0.1, 0.15) is 16.7 Å². The number of methoxy groups -OCH3 is 1. The van der Waals surface area contributed by atoms with Crippen molar-refractivity contribution >= 4 is 34.6 Å². The number of para-hydroxylation sites is 1. The Balaban J connectivity index is 1.96. The molecule has 2 aromatic rings. The molecule has 0 aliphatic carbocycles. The lowest BCUT2D eigenvalue weighted by molar-refractivity contribution is -0.121. The molecule has 0 spiro atoms. The minimum Gasteiger partial charge on any atom is -0.496 e. The van der Waals surface area contributed by atoms with E-state index in [2.05, 4.69) is 6.07 Å². The number of nitrogens with zero attached hydrogens (tertiary/aromatic N) is 2. The molecule has 1 aliphatic rings. The number of rotatable bonds is 3. The number of ether oxygens (including phenoxy) is 1. The highest BCUT2D eigenvalue weighted by atomic mass is 32.2. The van der Waals surface area contributed by atoms with Crippen LogP contribution < -0.4 is 4.74 Å². The van der Waals surface area contributed by atoms with Gasteiger partial charge in [-0.25, -0.2) is 4.99 Å². The summed E-state index contributed by atoms with van der Waals surface area (Å²) in [6, 6.07) is 13.8. The first-order valence-electron chi connectivity index (χ1n) is 7.96. The zero-order valence-corrected chi connectivity index (χ0v) is 15.6. The zero-order chi connectivity index (χ0) is 18.0. The summed E-state index contributed by atoms with van der Waals surface area (Å²) >= 11 is 1.38. The lowest BCUT2D eigenvalue weighted by Gasteiger charge is -2.08. The van der Waals surface area contributed by atoms with Crippen LogP contribution in [0, 0.1) is 13.8 Å². The summed E-state index contributed by atoms with van der Waals surface area (Å²) in [4.78, 5) is 19.5. The molecule has 128 valence electrons. The summed E-state index contributed by atoms with van der Waals surface area (Å²) < 4.78 is 5.36. The van der Waals surface area contributed by atoms with Crippen LogP contribution >= 0.6 is 11.8 Å². The molecule has 0 atom stereocenters. The van der Waals surface area contributed by atoms with E-state index in [1.54, 1.807) is 19.1 Å². The first-order valence-corrected chi connectivity index (χ1v) is 8.78. The molecule has 4 nitrogen and oxygen atoms in total. The van der Waals surface area contributed by atoms with Crippen molar-refractivity contribution in [2.24, 2.45) is 4.99 Å². The van der Waals surface area contributed by atoms with Gasteiger partial charge in [0.25, 0.3) is 5.91 Å². The number of amidine groups is 1. The van der Waals surface area contributed by atoms with Crippen molar-refractivity contribution in [2.45, 2.75) is 13.8 Å². The van der Waals surface area contributed by atoms with Gasteiger partial charge >= 0.3 is 0 Å². The Morgan fingerprint density at radius 1 is 1.16 bits per heavy atom. The molecule has 0 aromatic heterocycles. The molecule has 3 rings (SSSR count). The van der Waals surface area contributed by atoms with E-state index < -0.39 is 0 Å². The van der Waals surface area contributed by atoms with Gasteiger partial charge in [-0.3, -0.25) is 9.69 Å². The van der Waals surface area contributed by atoms with E-state index in [1.165, 1.54) is 11.8 Å². The summed E-state index contributed by atoms with van der Waals surface area (Å²) in [5.74, 6) is 0.686. The molecule has 25 heavy (non-hydrogen) atoms. The molecule has 1 heterocycles. The number of carbonyl (C=O) groups is 1. The Labute approximate surface area is 152 Å². The highest BCUT2D eigenvalue weighted by Gasteiger charge is 2.30. The molecule has 0 N–H and O–H groups in total. The number of benzene rings is 2. The molecule has 0 unspecified atom stereocenters. The molecule has 1 fully saturated rings. The van der Waals surface area contributed by atoms with E-state index in [0.717, 1.165) is 28.1 Å². The number of hydrogen-bond acceptors (Lipinski definition) is 4. The van der Waals surface area contributed by atoms with Gasteiger partial charge in [0.05, 0.1) is 17.7 Å². The van der Waals surface area contributed by atoms with Gasteiger partial charge < -0.3 is 4.74 Å². The van der Waals surface area contributed by atoms with Crippen LogP contribution in [0.3, 0.4) is 0 Å². The van der Waals surface area contributed by atoms with E-state index in [1.807, 2.05) is 56.3 Å². The Morgan fingerprint density at radius 3 is 2.68 bits per heavy atom. The minimum atomic E-state index is -0.0556. The topological polar surface area (TPSA) is 41.9 Å². The SMILES string of the molecule is COc1ccccc1/C=C1/SC(=Nc2cc(C)ccc2C)N(C)C1=O. The minimum absolute atomic E-state index is 0.0556. The summed E-state index contributed by atoms with van der Waals surface area (Å²) in [6.07, 6.45) is 1.86. The molecule has 0 saturated carbocycles. The predicted octanol–water partition coefficient (Wildman–Crippen LogP) is 4.55. The van der Waals surface area contributed by atoms with Crippen LogP contribution in [-0.4, -0.2) is 30.1 Å². The monoisotopic (exact) mass is 352 g/mol. The van der Waals surface area contributed by atoms with Crippen LogP contribution in [0.25, 0.3) is 6.08 Å². The maximum absolute atomic E-state index is 12.6. The second kappa shape index (κ2) is 7.15. The third-order valence-corrected chi connectivity index (χ3v) is 5.07. The highest BCUT2D eigenvalue weighted by molar-refractivity contribution is 8.18. The van der Waals surface area contributed by atoms with Crippen molar-refractivity contribution in [3.05, 3.63) is 64.1 Å². The van der Waals surface area contributed by atoms with Crippen LogP contribution in [0.15, 0.2) is 52.4 Å². The van der Waals surface area contributed by atoms with Crippen LogP contribution in [0.5, 0.6) is 5.75 Å². The van der Waals surface area contributed by atoms with Crippen molar-refractivity contribution in [3.63, 3.8) is 0 Å². The molecule has 1 aliphatic heterocycles. The van der Waals surface area contributed by atoms with Gasteiger partial charge in [0.15, 0.2) is 5.17 Å². The Morgan fingerprint density at radius 2 is 1.92 bits per heavy atom. The fraction of sp³-hybridized carbons (Fsp3) is 0.200. The molecular weight excluding hydrogens is 332 g/mol. The number of likely N-dealkylation sites (N-methyl/N-ethyl adjacent to an activating group) is 1. The van der Waals surface area contributed by atoms with Crippen LogP contribution in [0.2, 0.25) is 0 Å². The molecule has 0 bridgehead atoms. The Hall–Kier alpha value is -2.53. The average Bonchev–Trinajstić information content (AvgIpc) is 2.87. The summed E-state index contributed by atoms with van der Waals surface area (Å²) in [6.45, 7) is 4.05. The van der Waals surface area contributed by atoms with Gasteiger partial charge in [-0.1, -0.05) is 30.3 Å². The van der Waals surface area contributed by atoms with E-state index in [0.29, 0.717) is 10.1 Å². The van der Waals surface area contributed by atoms with Crippen molar-refractivity contribution in [3.8, 4) is 5.75 Å². The van der Waals surface area contributed by atoms with Gasteiger partial charge in [0, 0.05) is 12.6 Å². The smallest absolute Gasteiger partial charge is 0.266 e. The first kappa shape index (κ1) is 17.3. The second-order valence-electron chi connectivity index (χ2n) is 5.90. The number of hydrogen-bond donors (Lipinski definition) is 0. The van der Waals surface area contributed by atoms with Crippen molar-refractivity contribution in [1.82, 2.24) is 4.90 Å². The predicted molar refractivity (Wildman–Crippen MR) is 104 cm³/mol. The summed E-state index contributed by atoms with van der Waals surface area (Å²) in [7, 11) is 3.38. The largest absolute Gasteiger partial charge is 0.496 e. The van der Waals surface area contributed by atoms with Crippen molar-refractivity contribution in [1.29, 1.82) is 0 Å². The van der Waals surface area contributed by atoms with E-state index in [9.17, 15) is 4.79 Å². The van der Waals surface area contributed by atoms with Crippen LogP contribution in [0.4, 0.5) is 5.69 Å².